The number of aromatic amines is 1. The molecule has 0 saturated heterocycles. The molecule has 4 nitrogen and oxygen atoms in total. The number of nitrogens with zero attached hydrogens (tertiary/aromatic N) is 2. The fourth-order valence-electron chi connectivity index (χ4n) is 0.516. The lowest BCUT2D eigenvalue weighted by Crippen LogP contribution is -1.99. The number of H-pyrrole nitrogens is 1. The van der Waals surface area contributed by atoms with E-state index in [0.29, 0.717) is 0 Å². The van der Waals surface area contributed by atoms with Gasteiger partial charge in [-0.15, -0.1) is 0 Å². The zero-order valence-electron chi connectivity index (χ0n) is 5.58. The van der Waals surface area contributed by atoms with Crippen LogP contribution in [0.25, 0.3) is 0 Å². The van der Waals surface area contributed by atoms with Crippen LogP contribution in [0, 0.1) is 0 Å². The summed E-state index contributed by atoms with van der Waals surface area (Å²) in [6.07, 6.45) is 2.52. The Morgan fingerprint density at radius 2 is 2.60 bits per heavy atom. The first-order chi connectivity index (χ1) is 4.93. The third kappa shape index (κ3) is 2.36. The topological polar surface area (TPSA) is 67.6 Å². The van der Waals surface area contributed by atoms with E-state index >= 15 is 0 Å². The predicted molar refractivity (Wildman–Crippen MR) is 40.8 cm³/mol. The van der Waals surface area contributed by atoms with Crippen LogP contribution in [0.5, 0.6) is 0 Å². The smallest absolute Gasteiger partial charge is 0.183 e. The number of hydrogen-bond donors (Lipinski definition) is 2. The first-order valence-corrected chi connectivity index (χ1v) is 4.10. The van der Waals surface area contributed by atoms with Gasteiger partial charge < -0.3 is 5.73 Å². The van der Waals surface area contributed by atoms with E-state index in [4.69, 9.17) is 5.73 Å². The lowest BCUT2D eigenvalue weighted by Gasteiger charge is -1.92. The summed E-state index contributed by atoms with van der Waals surface area (Å²) in [5.41, 5.74) is 5.31. The zero-order chi connectivity index (χ0) is 7.23. The number of thioether (sulfide) groups is 1. The van der Waals surface area contributed by atoms with E-state index in [0.717, 1.165) is 23.9 Å². The van der Waals surface area contributed by atoms with Crippen molar-refractivity contribution in [3.63, 3.8) is 0 Å². The first-order valence-electron chi connectivity index (χ1n) is 3.11. The predicted octanol–water partition coefficient (Wildman–Crippen LogP) is 0.246. The molecule has 0 aliphatic carbocycles. The van der Waals surface area contributed by atoms with Gasteiger partial charge in [-0.3, -0.25) is 5.10 Å². The molecule has 56 valence electrons. The highest BCUT2D eigenvalue weighted by molar-refractivity contribution is 7.99. The monoisotopic (exact) mass is 158 g/mol. The number of nitrogens with one attached hydrogen (secondary N) is 1. The molecule has 0 atom stereocenters. The molecule has 1 aromatic rings. The van der Waals surface area contributed by atoms with Crippen molar-refractivity contribution in [2.24, 2.45) is 5.73 Å². The van der Waals surface area contributed by atoms with Crippen LogP contribution in [0.2, 0.25) is 0 Å². The van der Waals surface area contributed by atoms with Crippen molar-refractivity contribution < 1.29 is 0 Å². The maximum Gasteiger partial charge on any atom is 0.183 e. The first kappa shape index (κ1) is 7.56. The van der Waals surface area contributed by atoms with E-state index in [1.54, 1.807) is 11.8 Å². The summed E-state index contributed by atoms with van der Waals surface area (Å²) >= 11 is 1.64. The van der Waals surface area contributed by atoms with E-state index in [2.05, 4.69) is 15.2 Å². The quantitative estimate of drug-likeness (QED) is 0.486. The van der Waals surface area contributed by atoms with E-state index in [1.165, 1.54) is 6.33 Å². The van der Waals surface area contributed by atoms with Gasteiger partial charge >= 0.3 is 0 Å². The van der Waals surface area contributed by atoms with E-state index < -0.39 is 0 Å². The molecule has 0 radical (unpaired) electrons. The Morgan fingerprint density at radius 3 is 3.20 bits per heavy atom. The van der Waals surface area contributed by atoms with Crippen LogP contribution in [0.3, 0.4) is 0 Å². The van der Waals surface area contributed by atoms with Crippen molar-refractivity contribution in [2.75, 3.05) is 12.3 Å². The van der Waals surface area contributed by atoms with Crippen LogP contribution in [0.4, 0.5) is 0 Å². The fourth-order valence-corrected chi connectivity index (χ4v) is 1.26. The summed E-state index contributed by atoms with van der Waals surface area (Å²) in [7, 11) is 0. The van der Waals surface area contributed by atoms with Crippen molar-refractivity contribution in [3.05, 3.63) is 6.33 Å². The van der Waals surface area contributed by atoms with Crippen LogP contribution in [0.15, 0.2) is 11.5 Å². The lowest BCUT2D eigenvalue weighted by molar-refractivity contribution is 0.929. The summed E-state index contributed by atoms with van der Waals surface area (Å²) in [6.45, 7) is 0.737. The van der Waals surface area contributed by atoms with Gasteiger partial charge in [0.2, 0.25) is 0 Å². The average molecular weight is 158 g/mol. The molecule has 0 aliphatic heterocycles. The van der Waals surface area contributed by atoms with Gasteiger partial charge in [0, 0.05) is 5.75 Å². The minimum Gasteiger partial charge on any atom is -0.330 e. The number of nitrogens with two attached hydrogens (primary N) is 1. The Bertz CT molecular complexity index is 162. The summed E-state index contributed by atoms with van der Waals surface area (Å²) in [5, 5.41) is 7.34. The zero-order valence-corrected chi connectivity index (χ0v) is 6.40. The molecular weight excluding hydrogens is 148 g/mol. The second kappa shape index (κ2) is 4.29. The summed E-state index contributed by atoms with van der Waals surface area (Å²) in [4.78, 5) is 3.94. The second-order valence-corrected chi connectivity index (χ2v) is 2.86. The number of rotatable bonds is 4. The maximum absolute atomic E-state index is 5.31. The molecule has 0 unspecified atom stereocenters. The lowest BCUT2D eigenvalue weighted by atomic mass is 10.5. The molecule has 0 fully saturated rings. The van der Waals surface area contributed by atoms with Crippen molar-refractivity contribution >= 4 is 11.8 Å². The Labute approximate surface area is 63.6 Å². The number of hydrogen-bond acceptors (Lipinski definition) is 4. The summed E-state index contributed by atoms with van der Waals surface area (Å²) in [5.74, 6) is 1.01. The van der Waals surface area contributed by atoms with Crippen LogP contribution >= 0.6 is 11.8 Å². The summed E-state index contributed by atoms with van der Waals surface area (Å²) < 4.78 is 0. The van der Waals surface area contributed by atoms with E-state index in [-0.39, 0.29) is 0 Å². The van der Waals surface area contributed by atoms with Gasteiger partial charge in [0.1, 0.15) is 6.33 Å². The molecule has 0 aromatic carbocycles. The largest absolute Gasteiger partial charge is 0.330 e. The van der Waals surface area contributed by atoms with Crippen molar-refractivity contribution in [1.29, 1.82) is 0 Å². The Hall–Kier alpha value is -0.550. The van der Waals surface area contributed by atoms with Crippen molar-refractivity contribution in [2.45, 2.75) is 11.6 Å². The van der Waals surface area contributed by atoms with Gasteiger partial charge in [-0.2, -0.15) is 5.10 Å². The standard InChI is InChI=1S/C5H10N4S/c6-2-1-3-10-5-7-4-8-9-5/h4H,1-3,6H2,(H,7,8,9). The molecule has 0 saturated carbocycles. The average Bonchev–Trinajstić information content (AvgIpc) is 2.41. The molecule has 3 N–H and O–H groups in total. The van der Waals surface area contributed by atoms with Gasteiger partial charge in [0.15, 0.2) is 5.16 Å². The molecule has 0 aliphatic rings. The molecule has 1 heterocycles. The minimum atomic E-state index is 0.737. The van der Waals surface area contributed by atoms with Crippen LogP contribution in [0.1, 0.15) is 6.42 Å². The Balaban J connectivity index is 2.15. The molecule has 0 bridgehead atoms. The van der Waals surface area contributed by atoms with E-state index in [1.807, 2.05) is 0 Å². The number of aromatic nitrogens is 3. The molecule has 10 heavy (non-hydrogen) atoms. The van der Waals surface area contributed by atoms with Gasteiger partial charge in [-0.1, -0.05) is 11.8 Å². The van der Waals surface area contributed by atoms with Gasteiger partial charge in [-0.25, -0.2) is 4.98 Å². The minimum absolute atomic E-state index is 0.737. The van der Waals surface area contributed by atoms with Gasteiger partial charge in [0.25, 0.3) is 0 Å². The molecule has 1 rings (SSSR count). The van der Waals surface area contributed by atoms with Crippen LogP contribution < -0.4 is 5.73 Å². The van der Waals surface area contributed by atoms with Crippen molar-refractivity contribution in [3.8, 4) is 0 Å². The van der Waals surface area contributed by atoms with Gasteiger partial charge in [-0.05, 0) is 13.0 Å². The molecular formula is C5H10N4S. The molecule has 0 amide bonds. The van der Waals surface area contributed by atoms with Crippen molar-refractivity contribution in [1.82, 2.24) is 15.2 Å². The normalized spacial score (nSPS) is 10.1. The highest BCUT2D eigenvalue weighted by atomic mass is 32.2. The van der Waals surface area contributed by atoms with Crippen LogP contribution in [-0.4, -0.2) is 27.5 Å². The fraction of sp³-hybridized carbons (Fsp3) is 0.600. The molecule has 1 aromatic heterocycles. The van der Waals surface area contributed by atoms with E-state index in [9.17, 15) is 0 Å². The third-order valence-electron chi connectivity index (χ3n) is 0.980. The SMILES string of the molecule is NCCCSc1ncn[nH]1. The Morgan fingerprint density at radius 1 is 1.70 bits per heavy atom. The summed E-state index contributed by atoms with van der Waals surface area (Å²) in [6, 6.07) is 0. The molecule has 5 heteroatoms. The Kier molecular flexibility index (Phi) is 3.25. The third-order valence-corrected chi connectivity index (χ3v) is 1.94. The highest BCUT2D eigenvalue weighted by Gasteiger charge is 1.93. The van der Waals surface area contributed by atoms with Gasteiger partial charge in [0.05, 0.1) is 0 Å². The van der Waals surface area contributed by atoms with Crippen LogP contribution in [-0.2, 0) is 0 Å². The maximum atomic E-state index is 5.31. The molecule has 0 spiro atoms. The highest BCUT2D eigenvalue weighted by Crippen LogP contribution is 2.10. The second-order valence-electron chi connectivity index (χ2n) is 1.78.